The number of rotatable bonds is 2. The van der Waals surface area contributed by atoms with Crippen LogP contribution in [0.1, 0.15) is 42.1 Å². The van der Waals surface area contributed by atoms with Gasteiger partial charge in [0.2, 0.25) is 0 Å². The Kier molecular flexibility index (Phi) is 11.1. The van der Waals surface area contributed by atoms with Gasteiger partial charge >= 0.3 is 0 Å². The maximum absolute atomic E-state index is 5.44. The molecule has 7 heteroatoms. The predicted octanol–water partition coefficient (Wildman–Crippen LogP) is 3.57. The molecule has 1 aromatic carbocycles. The fourth-order valence-corrected chi connectivity index (χ4v) is 4.99. The molecule has 34 heavy (non-hydrogen) atoms. The van der Waals surface area contributed by atoms with Crippen molar-refractivity contribution in [2.24, 2.45) is 0 Å². The van der Waals surface area contributed by atoms with E-state index in [4.69, 9.17) is 17.0 Å². The van der Waals surface area contributed by atoms with Gasteiger partial charge in [0.05, 0.1) is 6.61 Å². The maximum atomic E-state index is 5.44. The Balaban J connectivity index is 0.000000206. The van der Waals surface area contributed by atoms with Crippen LogP contribution in [-0.4, -0.2) is 68.5 Å². The number of aryl methyl sites for hydroxylation is 2. The molecule has 1 aliphatic carbocycles. The second kappa shape index (κ2) is 14.2. The van der Waals surface area contributed by atoms with E-state index in [1.165, 1.54) is 53.8 Å². The zero-order valence-electron chi connectivity index (χ0n) is 21.1. The van der Waals surface area contributed by atoms with E-state index in [1.54, 1.807) is 0 Å². The average Bonchev–Trinajstić information content (AvgIpc) is 2.89. The first-order valence-electron chi connectivity index (χ1n) is 12.7. The van der Waals surface area contributed by atoms with Crippen LogP contribution in [0.25, 0.3) is 0 Å². The Morgan fingerprint density at radius 2 is 1.76 bits per heavy atom. The minimum Gasteiger partial charge on any atom is -0.471 e. The molecule has 0 atom stereocenters. The molecule has 0 amide bonds. The molecule has 5 rings (SSSR count). The van der Waals surface area contributed by atoms with E-state index >= 15 is 0 Å². The van der Waals surface area contributed by atoms with E-state index < -0.39 is 0 Å². The van der Waals surface area contributed by atoms with Crippen molar-refractivity contribution in [3.05, 3.63) is 58.9 Å². The topological polar surface area (TPSA) is 52.7 Å². The highest BCUT2D eigenvalue weighted by Crippen LogP contribution is 2.27. The summed E-state index contributed by atoms with van der Waals surface area (Å²) in [5.41, 5.74) is 7.18. The number of benzene rings is 1. The quantitative estimate of drug-likeness (QED) is 0.634. The third kappa shape index (κ3) is 7.39. The van der Waals surface area contributed by atoms with E-state index in [9.17, 15) is 0 Å². The molecule has 0 unspecified atom stereocenters. The van der Waals surface area contributed by atoms with Crippen LogP contribution < -0.4 is 15.5 Å². The molecule has 1 saturated heterocycles. The molecule has 0 spiro atoms. The van der Waals surface area contributed by atoms with Gasteiger partial charge in [-0.15, -0.1) is 0 Å². The van der Waals surface area contributed by atoms with Crippen LogP contribution in [-0.2, 0) is 30.5 Å². The van der Waals surface area contributed by atoms with Crippen molar-refractivity contribution in [3.8, 4) is 0 Å². The van der Waals surface area contributed by atoms with Crippen LogP contribution in [0.2, 0.25) is 0 Å². The van der Waals surface area contributed by atoms with Gasteiger partial charge in [-0.25, -0.2) is 0 Å². The molecule has 3 heterocycles. The van der Waals surface area contributed by atoms with Crippen LogP contribution in [0.15, 0.2) is 36.5 Å². The van der Waals surface area contributed by atoms with Crippen molar-refractivity contribution in [2.45, 2.75) is 45.6 Å². The van der Waals surface area contributed by atoms with Gasteiger partial charge in [-0.3, -0.25) is 4.98 Å². The summed E-state index contributed by atoms with van der Waals surface area (Å²) in [6, 6.07) is 10.9. The van der Waals surface area contributed by atoms with Gasteiger partial charge in [-0.2, -0.15) is 0 Å². The molecular weight excluding hydrogens is 442 g/mol. The number of aromatic nitrogens is 1. The van der Waals surface area contributed by atoms with Gasteiger partial charge in [0.15, 0.2) is 0 Å². The highest BCUT2D eigenvalue weighted by molar-refractivity contribution is 7.80. The zero-order chi connectivity index (χ0) is 24.2. The summed E-state index contributed by atoms with van der Waals surface area (Å²) >= 11 is 5.30. The monoisotopic (exact) mass is 483 g/mol. The van der Waals surface area contributed by atoms with E-state index in [0.29, 0.717) is 11.8 Å². The summed E-state index contributed by atoms with van der Waals surface area (Å²) < 4.78 is 5.44. The van der Waals surface area contributed by atoms with Gasteiger partial charge in [-0.05, 0) is 101 Å². The number of hydrogen-bond donors (Lipinski definition) is 2. The molecule has 3 aliphatic rings. The van der Waals surface area contributed by atoms with E-state index in [0.717, 1.165) is 45.7 Å². The predicted molar refractivity (Wildman–Crippen MR) is 146 cm³/mol. The molecule has 1 aromatic heterocycles. The number of ether oxygens (including phenoxy) is 1. The molecule has 2 aliphatic heterocycles. The van der Waals surface area contributed by atoms with Crippen LogP contribution in [0.5, 0.6) is 0 Å². The van der Waals surface area contributed by atoms with Gasteiger partial charge in [0, 0.05) is 50.3 Å². The molecule has 1 fully saturated rings. The Labute approximate surface area is 211 Å². The normalized spacial score (nSPS) is 16.7. The van der Waals surface area contributed by atoms with Gasteiger partial charge in [-0.1, -0.05) is 18.2 Å². The van der Waals surface area contributed by atoms with Crippen LogP contribution in [0.4, 0.5) is 5.69 Å². The molecule has 0 saturated carbocycles. The number of piperazine rings is 1. The van der Waals surface area contributed by atoms with Crippen molar-refractivity contribution in [1.82, 2.24) is 20.5 Å². The molecule has 0 radical (unpaired) electrons. The number of anilines is 1. The molecule has 0 bridgehead atoms. The fourth-order valence-electron chi connectivity index (χ4n) is 4.68. The van der Waals surface area contributed by atoms with Gasteiger partial charge in [0.25, 0.3) is 5.17 Å². The molecule has 2 N–H and O–H groups in total. The second-order valence-electron chi connectivity index (χ2n) is 8.83. The summed E-state index contributed by atoms with van der Waals surface area (Å²) in [5.74, 6) is 0. The Morgan fingerprint density at radius 3 is 2.50 bits per heavy atom. The summed E-state index contributed by atoms with van der Waals surface area (Å²) in [6.07, 6.45) is 8.12. The molecule has 186 valence electrons. The number of nitrogens with zero attached hydrogens (tertiary/aromatic N) is 3. The third-order valence-corrected chi connectivity index (χ3v) is 6.73. The standard InChI is InChI=1S/C16H23N3OS.C9H11N.C2H7N/c1-2-20-16(21)19-10-8-18(9-11-19)15-5-3-4-13-12-17-7-6-14(13)15;1-2-6-9-8(4-1)5-3-7-10-9;1-3-2/h3-5,17H,2,6-12H2,1H3;3,5,7H,1-2,4,6H2;3H,1-2H3. The van der Waals surface area contributed by atoms with E-state index in [1.807, 2.05) is 33.3 Å². The highest BCUT2D eigenvalue weighted by Gasteiger charge is 2.23. The number of hydrogen-bond acceptors (Lipinski definition) is 6. The second-order valence-corrected chi connectivity index (χ2v) is 9.18. The van der Waals surface area contributed by atoms with Crippen molar-refractivity contribution >= 4 is 23.1 Å². The van der Waals surface area contributed by atoms with Gasteiger partial charge in [0.1, 0.15) is 0 Å². The zero-order valence-corrected chi connectivity index (χ0v) is 21.9. The fraction of sp³-hybridized carbons (Fsp3) is 0.556. The number of thiocarbonyl (C=S) groups is 1. The first-order valence-corrected chi connectivity index (χ1v) is 13.1. The number of pyridine rings is 1. The van der Waals surface area contributed by atoms with Crippen LogP contribution in [0.3, 0.4) is 0 Å². The molecule has 6 nitrogen and oxygen atoms in total. The first kappa shape index (κ1) is 26.4. The lowest BCUT2D eigenvalue weighted by molar-refractivity contribution is 0.247. The Bertz CT molecular complexity index is 873. The Morgan fingerprint density at radius 1 is 1.03 bits per heavy atom. The summed E-state index contributed by atoms with van der Waals surface area (Å²) in [4.78, 5) is 8.99. The summed E-state index contributed by atoms with van der Waals surface area (Å²) in [6.45, 7) is 8.62. The molecular formula is C27H41N5OS. The number of fused-ring (bicyclic) bond motifs is 2. The summed E-state index contributed by atoms with van der Waals surface area (Å²) in [5, 5.41) is 6.85. The lowest BCUT2D eigenvalue weighted by Gasteiger charge is -2.38. The van der Waals surface area contributed by atoms with Gasteiger partial charge < -0.3 is 25.2 Å². The van der Waals surface area contributed by atoms with Crippen molar-refractivity contribution in [2.75, 3.05) is 58.3 Å². The third-order valence-electron chi connectivity index (χ3n) is 6.36. The average molecular weight is 484 g/mol. The van der Waals surface area contributed by atoms with E-state index in [2.05, 4.69) is 49.7 Å². The van der Waals surface area contributed by atoms with E-state index in [-0.39, 0.29) is 0 Å². The van der Waals surface area contributed by atoms with Crippen LogP contribution in [0, 0.1) is 0 Å². The minimum atomic E-state index is 0.649. The highest BCUT2D eigenvalue weighted by atomic mass is 32.1. The SMILES string of the molecule is CCOC(=S)N1CCN(c2cccc3c2CCNC3)CC1.CNC.c1cnc2c(c1)CCCC2. The molecule has 2 aromatic rings. The lowest BCUT2D eigenvalue weighted by Crippen LogP contribution is -2.49. The van der Waals surface area contributed by atoms with Crippen molar-refractivity contribution in [1.29, 1.82) is 0 Å². The number of nitrogens with one attached hydrogen (secondary N) is 2. The smallest absolute Gasteiger partial charge is 0.259 e. The van der Waals surface area contributed by atoms with Crippen molar-refractivity contribution in [3.63, 3.8) is 0 Å². The minimum absolute atomic E-state index is 0.649. The largest absolute Gasteiger partial charge is 0.471 e. The van der Waals surface area contributed by atoms with Crippen molar-refractivity contribution < 1.29 is 4.74 Å². The maximum Gasteiger partial charge on any atom is 0.259 e. The lowest BCUT2D eigenvalue weighted by atomic mass is 9.96. The van der Waals surface area contributed by atoms with Crippen LogP contribution >= 0.6 is 12.2 Å². The first-order chi connectivity index (χ1) is 16.7. The summed E-state index contributed by atoms with van der Waals surface area (Å²) in [7, 11) is 3.75. The Hall–Kier alpha value is -2.22.